The van der Waals surface area contributed by atoms with E-state index in [-0.39, 0.29) is 6.42 Å². The third kappa shape index (κ3) is 5.64. The van der Waals surface area contributed by atoms with Crippen molar-refractivity contribution in [3.05, 3.63) is 0 Å². The van der Waals surface area contributed by atoms with Crippen LogP contribution < -0.4 is 11.1 Å². The van der Waals surface area contributed by atoms with E-state index in [2.05, 4.69) is 5.32 Å². The maximum Gasteiger partial charge on any atom is 0.392 e. The van der Waals surface area contributed by atoms with Gasteiger partial charge in [0.2, 0.25) is 5.91 Å². The number of nitrogens with two attached hydrogens (primary N) is 1. The summed E-state index contributed by atoms with van der Waals surface area (Å²) in [5.41, 5.74) is 5.34. The van der Waals surface area contributed by atoms with E-state index in [0.29, 0.717) is 43.6 Å². The first kappa shape index (κ1) is 17.2. The largest absolute Gasteiger partial charge is 0.393 e. The van der Waals surface area contributed by atoms with Gasteiger partial charge in [-0.05, 0) is 32.1 Å². The molecule has 2 atom stereocenters. The van der Waals surface area contributed by atoms with Gasteiger partial charge in [0.1, 0.15) is 0 Å². The van der Waals surface area contributed by atoms with Crippen LogP contribution in [0.3, 0.4) is 0 Å². The van der Waals surface area contributed by atoms with Gasteiger partial charge >= 0.3 is 6.18 Å². The van der Waals surface area contributed by atoms with Crippen LogP contribution in [0.15, 0.2) is 0 Å². The zero-order valence-corrected chi connectivity index (χ0v) is 12.2. The fourth-order valence-corrected chi connectivity index (χ4v) is 2.75. The van der Waals surface area contributed by atoms with Crippen molar-refractivity contribution in [2.75, 3.05) is 6.54 Å². The highest BCUT2D eigenvalue weighted by Gasteiger charge is 2.47. The Morgan fingerprint density at radius 3 is 2.50 bits per heavy atom. The SMILES string of the molecule is NC(=S)CCCCNC(=O)C1CCCCC1C(F)(F)F. The summed E-state index contributed by atoms with van der Waals surface area (Å²) in [6, 6.07) is 0. The Balaban J connectivity index is 2.38. The first-order valence-electron chi connectivity index (χ1n) is 6.95. The van der Waals surface area contributed by atoms with Crippen LogP contribution in [0.4, 0.5) is 13.2 Å². The number of nitrogens with one attached hydrogen (secondary N) is 1. The summed E-state index contributed by atoms with van der Waals surface area (Å²) in [7, 11) is 0. The molecule has 1 fully saturated rings. The molecule has 2 unspecified atom stereocenters. The number of rotatable bonds is 6. The predicted molar refractivity (Wildman–Crippen MR) is 75.1 cm³/mol. The molecule has 1 amide bonds. The van der Waals surface area contributed by atoms with Crippen LogP contribution in [0.25, 0.3) is 0 Å². The van der Waals surface area contributed by atoms with Crippen molar-refractivity contribution in [2.45, 2.75) is 51.1 Å². The summed E-state index contributed by atoms with van der Waals surface area (Å²) in [4.78, 5) is 12.3. The van der Waals surface area contributed by atoms with Crippen molar-refractivity contribution in [3.63, 3.8) is 0 Å². The van der Waals surface area contributed by atoms with Gasteiger partial charge in [-0.25, -0.2) is 0 Å². The minimum Gasteiger partial charge on any atom is -0.393 e. The van der Waals surface area contributed by atoms with Crippen molar-refractivity contribution >= 4 is 23.1 Å². The molecule has 0 bridgehead atoms. The fraction of sp³-hybridized carbons (Fsp3) is 0.846. The second-order valence-electron chi connectivity index (χ2n) is 5.25. The quantitative estimate of drug-likeness (QED) is 0.586. The molecule has 0 aromatic heterocycles. The van der Waals surface area contributed by atoms with Crippen LogP contribution in [0.1, 0.15) is 44.9 Å². The predicted octanol–water partition coefficient (Wildman–Crippen LogP) is 2.93. The summed E-state index contributed by atoms with van der Waals surface area (Å²) < 4.78 is 38.6. The first-order chi connectivity index (χ1) is 9.32. The summed E-state index contributed by atoms with van der Waals surface area (Å²) in [5.74, 6) is -2.89. The molecule has 116 valence electrons. The fourth-order valence-electron chi connectivity index (χ4n) is 2.60. The molecule has 1 saturated carbocycles. The number of carbonyl (C=O) groups excluding carboxylic acids is 1. The Hall–Kier alpha value is -0.850. The standard InChI is InChI=1S/C13H21F3N2OS/c14-13(15,16)10-6-2-1-5-9(10)12(19)18-8-4-3-7-11(17)20/h9-10H,1-8H2,(H2,17,20)(H,18,19). The monoisotopic (exact) mass is 310 g/mol. The Bertz CT molecular complexity index is 347. The molecule has 0 heterocycles. The van der Waals surface area contributed by atoms with Crippen molar-refractivity contribution < 1.29 is 18.0 Å². The summed E-state index contributed by atoms with van der Waals surface area (Å²) >= 11 is 4.72. The van der Waals surface area contributed by atoms with E-state index in [9.17, 15) is 18.0 Å². The number of alkyl halides is 3. The average molecular weight is 310 g/mol. The average Bonchev–Trinajstić information content (AvgIpc) is 2.36. The van der Waals surface area contributed by atoms with Crippen LogP contribution in [-0.4, -0.2) is 23.6 Å². The van der Waals surface area contributed by atoms with E-state index in [0.717, 1.165) is 6.42 Å². The van der Waals surface area contributed by atoms with E-state index in [1.807, 2.05) is 0 Å². The van der Waals surface area contributed by atoms with Gasteiger partial charge in [-0.1, -0.05) is 25.1 Å². The maximum absolute atomic E-state index is 12.9. The number of thiocarbonyl (C=S) groups is 1. The lowest BCUT2D eigenvalue weighted by atomic mass is 9.78. The second-order valence-corrected chi connectivity index (χ2v) is 5.78. The minimum absolute atomic E-state index is 0.0586. The number of amides is 1. The Morgan fingerprint density at radius 1 is 1.25 bits per heavy atom. The van der Waals surface area contributed by atoms with Gasteiger partial charge in [0.05, 0.1) is 10.9 Å². The van der Waals surface area contributed by atoms with Gasteiger partial charge in [0.25, 0.3) is 0 Å². The van der Waals surface area contributed by atoms with Gasteiger partial charge in [-0.3, -0.25) is 4.79 Å². The lowest BCUT2D eigenvalue weighted by Gasteiger charge is -2.32. The summed E-state index contributed by atoms with van der Waals surface area (Å²) in [6.07, 6.45) is -0.663. The molecule has 1 aliphatic rings. The number of carbonyl (C=O) groups is 1. The summed E-state index contributed by atoms with van der Waals surface area (Å²) in [6.45, 7) is 0.378. The molecule has 0 spiro atoms. The van der Waals surface area contributed by atoms with Crippen molar-refractivity contribution in [2.24, 2.45) is 17.6 Å². The zero-order chi connectivity index (χ0) is 15.2. The molecule has 20 heavy (non-hydrogen) atoms. The lowest BCUT2D eigenvalue weighted by Crippen LogP contribution is -2.42. The molecule has 3 N–H and O–H groups in total. The molecule has 0 aromatic rings. The molecule has 0 aliphatic heterocycles. The molecule has 1 aliphatic carbocycles. The molecule has 0 saturated heterocycles. The number of unbranched alkanes of at least 4 members (excludes halogenated alkanes) is 1. The van der Waals surface area contributed by atoms with Gasteiger partial charge in [-0.15, -0.1) is 0 Å². The summed E-state index contributed by atoms with van der Waals surface area (Å²) in [5, 5.41) is 2.61. The lowest BCUT2D eigenvalue weighted by molar-refractivity contribution is -0.198. The molecular weight excluding hydrogens is 289 g/mol. The van der Waals surface area contributed by atoms with E-state index in [1.165, 1.54) is 0 Å². The normalized spacial score (nSPS) is 23.4. The van der Waals surface area contributed by atoms with Gasteiger partial charge in [0.15, 0.2) is 0 Å². The molecular formula is C13H21F3N2OS. The van der Waals surface area contributed by atoms with Crippen molar-refractivity contribution in [3.8, 4) is 0 Å². The van der Waals surface area contributed by atoms with Crippen LogP contribution in [0.2, 0.25) is 0 Å². The van der Waals surface area contributed by atoms with Crippen LogP contribution in [0, 0.1) is 11.8 Å². The van der Waals surface area contributed by atoms with Crippen LogP contribution in [-0.2, 0) is 4.79 Å². The Labute approximate surface area is 122 Å². The van der Waals surface area contributed by atoms with E-state index in [1.54, 1.807) is 0 Å². The minimum atomic E-state index is -4.28. The van der Waals surface area contributed by atoms with Gasteiger partial charge in [0, 0.05) is 12.5 Å². The maximum atomic E-state index is 12.9. The molecule has 0 aromatic carbocycles. The molecule has 1 rings (SSSR count). The second kappa shape index (κ2) is 7.81. The highest BCUT2D eigenvalue weighted by Crippen LogP contribution is 2.41. The highest BCUT2D eigenvalue weighted by atomic mass is 32.1. The van der Waals surface area contributed by atoms with Gasteiger partial charge in [-0.2, -0.15) is 13.2 Å². The topological polar surface area (TPSA) is 55.1 Å². The zero-order valence-electron chi connectivity index (χ0n) is 11.3. The van der Waals surface area contributed by atoms with Crippen molar-refractivity contribution in [1.29, 1.82) is 0 Å². The van der Waals surface area contributed by atoms with Crippen LogP contribution >= 0.6 is 12.2 Å². The molecule has 3 nitrogen and oxygen atoms in total. The third-order valence-corrected chi connectivity index (χ3v) is 3.88. The van der Waals surface area contributed by atoms with Crippen molar-refractivity contribution in [1.82, 2.24) is 5.32 Å². The molecule has 7 heteroatoms. The smallest absolute Gasteiger partial charge is 0.392 e. The third-order valence-electron chi connectivity index (χ3n) is 3.67. The number of hydrogen-bond donors (Lipinski definition) is 2. The molecule has 0 radical (unpaired) electrons. The van der Waals surface area contributed by atoms with Crippen LogP contribution in [0.5, 0.6) is 0 Å². The first-order valence-corrected chi connectivity index (χ1v) is 7.36. The highest BCUT2D eigenvalue weighted by molar-refractivity contribution is 7.80. The van der Waals surface area contributed by atoms with Gasteiger partial charge < -0.3 is 11.1 Å². The number of halogens is 3. The van der Waals surface area contributed by atoms with E-state index < -0.39 is 23.9 Å². The Morgan fingerprint density at radius 2 is 1.90 bits per heavy atom. The van der Waals surface area contributed by atoms with E-state index in [4.69, 9.17) is 18.0 Å². The van der Waals surface area contributed by atoms with E-state index >= 15 is 0 Å². The Kier molecular flexibility index (Phi) is 6.71. The number of hydrogen-bond acceptors (Lipinski definition) is 2.